The maximum atomic E-state index is 13.9. The van der Waals surface area contributed by atoms with E-state index >= 15 is 0 Å². The molecule has 0 atom stereocenters. The molecule has 0 saturated carbocycles. The molecule has 2 aromatic carbocycles. The second-order valence-corrected chi connectivity index (χ2v) is 7.14. The minimum Gasteiger partial charge on any atom is -0.497 e. The van der Waals surface area contributed by atoms with Crippen LogP contribution in [-0.4, -0.2) is 49.0 Å². The molecule has 0 N–H and O–H groups in total. The number of hydrogen-bond acceptors (Lipinski definition) is 3. The van der Waals surface area contributed by atoms with Gasteiger partial charge in [-0.1, -0.05) is 29.8 Å². The van der Waals surface area contributed by atoms with Crippen molar-refractivity contribution in [2.24, 2.45) is 0 Å². The molecule has 144 valence electrons. The molecule has 1 fully saturated rings. The Morgan fingerprint density at radius 3 is 2.59 bits per heavy atom. The fourth-order valence-corrected chi connectivity index (χ4v) is 3.56. The molecule has 1 aliphatic rings. The molecule has 0 unspecified atom stereocenters. The van der Waals surface area contributed by atoms with Crippen molar-refractivity contribution in [2.45, 2.75) is 19.4 Å². The Morgan fingerprint density at radius 1 is 1.11 bits per heavy atom. The first-order valence-electron chi connectivity index (χ1n) is 9.13. The number of carbonyl (C=O) groups excluding carboxylic acids is 1. The summed E-state index contributed by atoms with van der Waals surface area (Å²) >= 11 is 6.05. The topological polar surface area (TPSA) is 32.8 Å². The maximum absolute atomic E-state index is 13.9. The molecule has 6 heteroatoms. The van der Waals surface area contributed by atoms with E-state index in [1.54, 1.807) is 19.2 Å². The van der Waals surface area contributed by atoms with Crippen LogP contribution in [0.15, 0.2) is 42.5 Å². The van der Waals surface area contributed by atoms with Gasteiger partial charge in [0.05, 0.1) is 13.5 Å². The van der Waals surface area contributed by atoms with Gasteiger partial charge in [0.2, 0.25) is 5.91 Å². The molecular weight excluding hydrogens is 367 g/mol. The average molecular weight is 391 g/mol. The third kappa shape index (κ3) is 5.21. The first-order valence-corrected chi connectivity index (χ1v) is 9.50. The van der Waals surface area contributed by atoms with Crippen LogP contribution in [0.3, 0.4) is 0 Å². The maximum Gasteiger partial charge on any atom is 0.227 e. The predicted octanol–water partition coefficient (Wildman–Crippen LogP) is 3.76. The largest absolute Gasteiger partial charge is 0.497 e. The fraction of sp³-hybridized carbons (Fsp3) is 0.381. The van der Waals surface area contributed by atoms with E-state index in [0.29, 0.717) is 18.1 Å². The molecule has 4 nitrogen and oxygen atoms in total. The van der Waals surface area contributed by atoms with Gasteiger partial charge < -0.3 is 9.64 Å². The highest BCUT2D eigenvalue weighted by Gasteiger charge is 2.21. The summed E-state index contributed by atoms with van der Waals surface area (Å²) < 4.78 is 19.1. The molecule has 0 bridgehead atoms. The monoisotopic (exact) mass is 390 g/mol. The number of halogens is 2. The lowest BCUT2D eigenvalue weighted by molar-refractivity contribution is -0.130. The number of nitrogens with zero attached hydrogens (tertiary/aromatic N) is 2. The molecule has 0 aliphatic carbocycles. The third-order valence-corrected chi connectivity index (χ3v) is 5.25. The second kappa shape index (κ2) is 9.20. The first-order chi connectivity index (χ1) is 13.1. The van der Waals surface area contributed by atoms with Crippen molar-refractivity contribution in [3.8, 4) is 5.75 Å². The Balaban J connectivity index is 1.56. The van der Waals surface area contributed by atoms with Crippen LogP contribution in [-0.2, 0) is 17.8 Å². The highest BCUT2D eigenvalue weighted by molar-refractivity contribution is 6.31. The van der Waals surface area contributed by atoms with E-state index in [1.165, 1.54) is 11.6 Å². The number of rotatable bonds is 5. The summed E-state index contributed by atoms with van der Waals surface area (Å²) in [6.45, 7) is 3.88. The average Bonchev–Trinajstić information content (AvgIpc) is 2.91. The molecule has 2 aromatic rings. The molecular formula is C21H24ClFN2O2. The molecule has 1 heterocycles. The van der Waals surface area contributed by atoms with Gasteiger partial charge in [0.1, 0.15) is 11.6 Å². The van der Waals surface area contributed by atoms with Gasteiger partial charge in [-0.15, -0.1) is 0 Å². The summed E-state index contributed by atoms with van der Waals surface area (Å²) in [5.41, 5.74) is 1.50. The van der Waals surface area contributed by atoms with Crippen LogP contribution in [0.5, 0.6) is 5.75 Å². The number of hydrogen-bond donors (Lipinski definition) is 0. The Kier molecular flexibility index (Phi) is 6.69. The zero-order chi connectivity index (χ0) is 19.2. The van der Waals surface area contributed by atoms with Crippen LogP contribution in [0, 0.1) is 5.82 Å². The van der Waals surface area contributed by atoms with Gasteiger partial charge in [-0.25, -0.2) is 4.39 Å². The first kappa shape index (κ1) is 19.6. The fourth-order valence-electron chi connectivity index (χ4n) is 3.33. The Labute approximate surface area is 164 Å². The van der Waals surface area contributed by atoms with E-state index in [1.807, 2.05) is 17.0 Å². The number of ether oxygens (including phenoxy) is 1. The minimum absolute atomic E-state index is 0.00395. The Hall–Kier alpha value is -2.11. The highest BCUT2D eigenvalue weighted by Crippen LogP contribution is 2.21. The van der Waals surface area contributed by atoms with E-state index in [-0.39, 0.29) is 17.9 Å². The minimum atomic E-state index is -0.424. The highest BCUT2D eigenvalue weighted by atomic mass is 35.5. The zero-order valence-electron chi connectivity index (χ0n) is 15.5. The summed E-state index contributed by atoms with van der Waals surface area (Å²) in [7, 11) is 1.66. The van der Waals surface area contributed by atoms with Crippen molar-refractivity contribution in [3.63, 3.8) is 0 Å². The van der Waals surface area contributed by atoms with Gasteiger partial charge >= 0.3 is 0 Å². The van der Waals surface area contributed by atoms with Crippen LogP contribution in [0.25, 0.3) is 0 Å². The van der Waals surface area contributed by atoms with E-state index in [4.69, 9.17) is 16.3 Å². The van der Waals surface area contributed by atoms with Gasteiger partial charge in [0.25, 0.3) is 0 Å². The molecule has 0 aromatic heterocycles. The van der Waals surface area contributed by atoms with E-state index in [0.717, 1.165) is 31.8 Å². The summed E-state index contributed by atoms with van der Waals surface area (Å²) in [5.74, 6) is 0.346. The molecule has 0 radical (unpaired) electrons. The van der Waals surface area contributed by atoms with E-state index in [9.17, 15) is 9.18 Å². The normalized spacial score (nSPS) is 15.4. The SMILES string of the molecule is COc1ccc(CN2CCCN(C(=O)Cc3c(F)cccc3Cl)CC2)cc1. The van der Waals surface area contributed by atoms with Gasteiger partial charge in [-0.2, -0.15) is 0 Å². The molecule has 3 rings (SSSR count). The van der Waals surface area contributed by atoms with Gasteiger partial charge in [0.15, 0.2) is 0 Å². The van der Waals surface area contributed by atoms with Gasteiger partial charge in [-0.3, -0.25) is 9.69 Å². The molecule has 27 heavy (non-hydrogen) atoms. The van der Waals surface area contributed by atoms with Gasteiger partial charge in [0, 0.05) is 43.3 Å². The zero-order valence-corrected chi connectivity index (χ0v) is 16.2. The van der Waals surface area contributed by atoms with E-state index < -0.39 is 5.82 Å². The van der Waals surface area contributed by atoms with Gasteiger partial charge in [-0.05, 0) is 36.2 Å². The Morgan fingerprint density at radius 2 is 1.89 bits per heavy atom. The van der Waals surface area contributed by atoms with Crippen LogP contribution in [0.1, 0.15) is 17.5 Å². The lowest BCUT2D eigenvalue weighted by Crippen LogP contribution is -2.36. The summed E-state index contributed by atoms with van der Waals surface area (Å²) in [6, 6.07) is 12.6. The van der Waals surface area contributed by atoms with Crippen molar-refractivity contribution in [2.75, 3.05) is 33.3 Å². The number of amides is 1. The van der Waals surface area contributed by atoms with Crippen LogP contribution < -0.4 is 4.74 Å². The smallest absolute Gasteiger partial charge is 0.227 e. The van der Waals surface area contributed by atoms with Crippen LogP contribution in [0.4, 0.5) is 4.39 Å². The third-order valence-electron chi connectivity index (χ3n) is 4.90. The molecule has 0 spiro atoms. The van der Waals surface area contributed by atoms with Crippen molar-refractivity contribution in [1.82, 2.24) is 9.80 Å². The van der Waals surface area contributed by atoms with Crippen molar-refractivity contribution >= 4 is 17.5 Å². The number of benzene rings is 2. The van der Waals surface area contributed by atoms with Crippen molar-refractivity contribution < 1.29 is 13.9 Å². The lowest BCUT2D eigenvalue weighted by Gasteiger charge is -2.22. The second-order valence-electron chi connectivity index (χ2n) is 6.74. The standard InChI is InChI=1S/C21H24ClFN2O2/c1-27-17-8-6-16(7-9-17)15-24-10-3-11-25(13-12-24)21(26)14-18-19(22)4-2-5-20(18)23/h2,4-9H,3,10-15H2,1H3. The molecule has 1 amide bonds. The summed E-state index contributed by atoms with van der Waals surface area (Å²) in [5, 5.41) is 0.305. The predicted molar refractivity (Wildman–Crippen MR) is 105 cm³/mol. The lowest BCUT2D eigenvalue weighted by atomic mass is 10.1. The van der Waals surface area contributed by atoms with E-state index in [2.05, 4.69) is 17.0 Å². The quantitative estimate of drug-likeness (QED) is 0.779. The Bertz CT molecular complexity index is 762. The summed E-state index contributed by atoms with van der Waals surface area (Å²) in [4.78, 5) is 16.8. The van der Waals surface area contributed by atoms with Crippen LogP contribution in [0.2, 0.25) is 5.02 Å². The summed E-state index contributed by atoms with van der Waals surface area (Å²) in [6.07, 6.45) is 0.900. The van der Waals surface area contributed by atoms with Crippen LogP contribution >= 0.6 is 11.6 Å². The number of methoxy groups -OCH3 is 1. The van der Waals surface area contributed by atoms with Crippen molar-refractivity contribution in [3.05, 3.63) is 64.4 Å². The van der Waals surface area contributed by atoms with Crippen molar-refractivity contribution in [1.29, 1.82) is 0 Å². The molecule has 1 aliphatic heterocycles. The number of carbonyl (C=O) groups is 1. The molecule has 1 saturated heterocycles.